The minimum Gasteiger partial charge on any atom is -0.462 e. The molecule has 8 nitrogen and oxygen atoms in total. The van der Waals surface area contributed by atoms with Gasteiger partial charge in [-0.1, -0.05) is 0 Å². The summed E-state index contributed by atoms with van der Waals surface area (Å²) in [5, 5.41) is 25.0. The van der Waals surface area contributed by atoms with Gasteiger partial charge in [-0.15, -0.1) is 10.2 Å². The molecule has 0 bridgehead atoms. The molecule has 2 rings (SSSR count). The van der Waals surface area contributed by atoms with E-state index in [9.17, 15) is 4.79 Å². The van der Waals surface area contributed by atoms with Crippen LogP contribution < -0.4 is 5.32 Å². The van der Waals surface area contributed by atoms with Crippen LogP contribution in [0.2, 0.25) is 0 Å². The number of hydrogen-bond acceptors (Lipinski definition) is 7. The van der Waals surface area contributed by atoms with Crippen molar-refractivity contribution in [3.05, 3.63) is 41.9 Å². The number of H-pyrrole nitrogens is 1. The van der Waals surface area contributed by atoms with Gasteiger partial charge in [0.25, 0.3) is 0 Å². The molecular weight excluding hydrogens is 272 g/mol. The summed E-state index contributed by atoms with van der Waals surface area (Å²) < 4.78 is 4.89. The minimum atomic E-state index is -0.371. The van der Waals surface area contributed by atoms with Gasteiger partial charge < -0.3 is 10.1 Å². The summed E-state index contributed by atoms with van der Waals surface area (Å²) in [6, 6.07) is 8.63. The van der Waals surface area contributed by atoms with E-state index in [1.54, 1.807) is 31.2 Å². The van der Waals surface area contributed by atoms with E-state index in [4.69, 9.17) is 10.00 Å². The van der Waals surface area contributed by atoms with Crippen LogP contribution in [0.25, 0.3) is 5.57 Å². The molecule has 0 spiro atoms. The van der Waals surface area contributed by atoms with Crippen LogP contribution in [-0.2, 0) is 4.74 Å². The van der Waals surface area contributed by atoms with E-state index in [1.165, 1.54) is 6.20 Å². The normalized spacial score (nSPS) is 10.8. The molecule has 0 saturated carbocycles. The van der Waals surface area contributed by atoms with E-state index in [0.29, 0.717) is 17.9 Å². The van der Waals surface area contributed by atoms with Crippen molar-refractivity contribution in [1.82, 2.24) is 20.6 Å². The monoisotopic (exact) mass is 284 g/mol. The van der Waals surface area contributed by atoms with E-state index in [1.807, 2.05) is 6.07 Å². The summed E-state index contributed by atoms with van der Waals surface area (Å²) in [5.74, 6) is -0.169. The fraction of sp³-hybridized carbons (Fsp3) is 0.154. The maximum Gasteiger partial charge on any atom is 0.338 e. The lowest BCUT2D eigenvalue weighted by Crippen LogP contribution is -2.04. The van der Waals surface area contributed by atoms with Crippen molar-refractivity contribution < 1.29 is 9.53 Å². The first-order valence-electron chi connectivity index (χ1n) is 6.12. The Morgan fingerprint density at radius 2 is 2.24 bits per heavy atom. The van der Waals surface area contributed by atoms with Gasteiger partial charge in [-0.2, -0.15) is 10.5 Å². The fourth-order valence-corrected chi connectivity index (χ4v) is 1.50. The van der Waals surface area contributed by atoms with Gasteiger partial charge in [0.15, 0.2) is 0 Å². The van der Waals surface area contributed by atoms with Gasteiger partial charge in [0.2, 0.25) is 5.82 Å². The summed E-state index contributed by atoms with van der Waals surface area (Å²) >= 11 is 0. The predicted octanol–water partition coefficient (Wildman–Crippen LogP) is 1.35. The highest BCUT2D eigenvalue weighted by molar-refractivity contribution is 5.89. The molecule has 0 fully saturated rings. The topological polar surface area (TPSA) is 117 Å². The molecular formula is C13H12N6O2. The first-order chi connectivity index (χ1) is 10.2. The van der Waals surface area contributed by atoms with Gasteiger partial charge in [-0.25, -0.2) is 4.79 Å². The molecule has 1 aromatic carbocycles. The summed E-state index contributed by atoms with van der Waals surface area (Å²) in [7, 11) is 0. The number of carbonyl (C=O) groups excluding carboxylic acids is 1. The molecule has 0 atom stereocenters. The lowest BCUT2D eigenvalue weighted by molar-refractivity contribution is 0.0526. The number of aromatic nitrogens is 4. The zero-order chi connectivity index (χ0) is 15.1. The summed E-state index contributed by atoms with van der Waals surface area (Å²) in [5.41, 5.74) is 1.41. The molecule has 1 aromatic heterocycles. The van der Waals surface area contributed by atoms with Crippen LogP contribution in [0, 0.1) is 11.3 Å². The lowest BCUT2D eigenvalue weighted by atomic mass is 10.2. The number of esters is 1. The summed E-state index contributed by atoms with van der Waals surface area (Å²) in [6.45, 7) is 2.08. The summed E-state index contributed by atoms with van der Waals surface area (Å²) in [6.07, 6.45) is 1.46. The molecule has 0 aliphatic rings. The van der Waals surface area contributed by atoms with E-state index < -0.39 is 0 Å². The van der Waals surface area contributed by atoms with Gasteiger partial charge in [0.05, 0.1) is 12.2 Å². The van der Waals surface area contributed by atoms with Crippen molar-refractivity contribution in [2.75, 3.05) is 11.9 Å². The zero-order valence-electron chi connectivity index (χ0n) is 11.2. The lowest BCUT2D eigenvalue weighted by Gasteiger charge is -2.04. The number of aromatic amines is 1. The van der Waals surface area contributed by atoms with E-state index in [0.717, 1.165) is 0 Å². The maximum atomic E-state index is 11.5. The molecule has 0 aliphatic heterocycles. The molecule has 0 unspecified atom stereocenters. The molecule has 1 heterocycles. The molecule has 0 aliphatic carbocycles. The van der Waals surface area contributed by atoms with Gasteiger partial charge >= 0.3 is 5.97 Å². The molecule has 0 amide bonds. The van der Waals surface area contributed by atoms with Crippen LogP contribution in [0.1, 0.15) is 23.1 Å². The number of nitrogens with zero attached hydrogens (tertiary/aromatic N) is 4. The maximum absolute atomic E-state index is 11.5. The van der Waals surface area contributed by atoms with Crippen LogP contribution in [0.4, 0.5) is 5.69 Å². The highest BCUT2D eigenvalue weighted by Crippen LogP contribution is 2.12. The molecule has 8 heteroatoms. The number of tetrazole rings is 1. The van der Waals surface area contributed by atoms with Crippen LogP contribution in [0.3, 0.4) is 0 Å². The van der Waals surface area contributed by atoms with Crippen LogP contribution >= 0.6 is 0 Å². The quantitative estimate of drug-likeness (QED) is 0.628. The average molecular weight is 284 g/mol. The van der Waals surface area contributed by atoms with Crippen molar-refractivity contribution in [1.29, 1.82) is 5.26 Å². The third-order valence-electron chi connectivity index (χ3n) is 2.49. The van der Waals surface area contributed by atoms with E-state index >= 15 is 0 Å². The molecule has 2 aromatic rings. The van der Waals surface area contributed by atoms with Crippen LogP contribution in [-0.4, -0.2) is 33.2 Å². The fourth-order valence-electron chi connectivity index (χ4n) is 1.50. The second-order valence-corrected chi connectivity index (χ2v) is 3.85. The Bertz CT molecular complexity index is 670. The Labute approximate surface area is 120 Å². The third kappa shape index (κ3) is 3.63. The van der Waals surface area contributed by atoms with Crippen molar-refractivity contribution in [2.45, 2.75) is 6.92 Å². The number of hydrogen-bond donors (Lipinski definition) is 2. The number of anilines is 1. The second kappa shape index (κ2) is 6.81. The Kier molecular flexibility index (Phi) is 4.61. The van der Waals surface area contributed by atoms with Crippen molar-refractivity contribution in [3.63, 3.8) is 0 Å². The largest absolute Gasteiger partial charge is 0.462 e. The third-order valence-corrected chi connectivity index (χ3v) is 2.49. The number of allylic oxidation sites excluding steroid dienone is 1. The minimum absolute atomic E-state index is 0.202. The molecule has 106 valence electrons. The highest BCUT2D eigenvalue weighted by Gasteiger charge is 2.07. The molecule has 21 heavy (non-hydrogen) atoms. The number of ether oxygens (including phenoxy) is 1. The highest BCUT2D eigenvalue weighted by atomic mass is 16.5. The van der Waals surface area contributed by atoms with Gasteiger partial charge in [-0.05, 0) is 36.4 Å². The smallest absolute Gasteiger partial charge is 0.338 e. The summed E-state index contributed by atoms with van der Waals surface area (Å²) in [4.78, 5) is 11.5. The number of benzene rings is 1. The number of nitrogens with one attached hydrogen (secondary N) is 2. The molecule has 0 saturated heterocycles. The predicted molar refractivity (Wildman–Crippen MR) is 73.8 cm³/mol. The Morgan fingerprint density at radius 3 is 2.81 bits per heavy atom. The number of nitriles is 1. The number of rotatable bonds is 5. The van der Waals surface area contributed by atoms with Crippen LogP contribution in [0.15, 0.2) is 30.5 Å². The second-order valence-electron chi connectivity index (χ2n) is 3.85. The SMILES string of the molecule is CCOC(=O)c1ccc(NC=C(C#N)c2nn[nH]n2)cc1. The number of carbonyl (C=O) groups is 1. The Balaban J connectivity index is 2.07. The van der Waals surface area contributed by atoms with Gasteiger partial charge in [-0.3, -0.25) is 0 Å². The Morgan fingerprint density at radius 1 is 1.48 bits per heavy atom. The van der Waals surface area contributed by atoms with Crippen LogP contribution in [0.5, 0.6) is 0 Å². The molecule has 0 radical (unpaired) electrons. The van der Waals surface area contributed by atoms with Crippen molar-refractivity contribution in [3.8, 4) is 6.07 Å². The first-order valence-corrected chi connectivity index (χ1v) is 6.12. The Hall–Kier alpha value is -3.21. The standard InChI is InChI=1S/C13H12N6O2/c1-2-21-13(20)9-3-5-11(6-4-9)15-8-10(7-14)12-16-18-19-17-12/h3-6,8,15H,2H2,1H3,(H,16,17,18,19). The van der Waals surface area contributed by atoms with Gasteiger partial charge in [0, 0.05) is 11.9 Å². The van der Waals surface area contributed by atoms with E-state index in [2.05, 4.69) is 25.9 Å². The van der Waals surface area contributed by atoms with E-state index in [-0.39, 0.29) is 17.4 Å². The van der Waals surface area contributed by atoms with Crippen molar-refractivity contribution in [2.24, 2.45) is 0 Å². The average Bonchev–Trinajstić information content (AvgIpc) is 3.03. The first kappa shape index (κ1) is 14.2. The molecule has 2 N–H and O–H groups in total. The van der Waals surface area contributed by atoms with Gasteiger partial charge in [0.1, 0.15) is 11.6 Å². The van der Waals surface area contributed by atoms with Crippen molar-refractivity contribution >= 4 is 17.2 Å². The zero-order valence-corrected chi connectivity index (χ0v) is 11.2.